The van der Waals surface area contributed by atoms with Crippen LogP contribution < -0.4 is 15.9 Å². The molecule has 10 aromatic carbocycles. The van der Waals surface area contributed by atoms with E-state index in [2.05, 4.69) is 176 Å². The Balaban J connectivity index is 1.34. The van der Waals surface area contributed by atoms with Gasteiger partial charge in [0.1, 0.15) is 0 Å². The molecule has 48 heavy (non-hydrogen) atoms. The molecule has 0 aliphatic carbocycles. The summed E-state index contributed by atoms with van der Waals surface area (Å²) in [4.78, 5) is 0. The molecule has 10 rings (SSSR count). The van der Waals surface area contributed by atoms with Crippen molar-refractivity contribution >= 4 is 98.5 Å². The molecule has 0 bridgehead atoms. The lowest BCUT2D eigenvalue weighted by Gasteiger charge is -2.24. The van der Waals surface area contributed by atoms with Gasteiger partial charge in [0.15, 0.2) is 7.14 Å². The number of benzene rings is 10. The molecule has 0 aliphatic rings. The van der Waals surface area contributed by atoms with Crippen LogP contribution in [0, 0.1) is 0 Å². The van der Waals surface area contributed by atoms with Gasteiger partial charge in [-0.15, -0.1) is 0 Å². The number of rotatable bonds is 3. The SMILES string of the molecule is O=P(c1ccc2cc3ccccc3cc2c1)(c1ccc2cc3ccccc3cc2c1)c1cccc2c3ccccc3c3ccccc3c12. The zero-order valence-corrected chi connectivity index (χ0v) is 27.0. The van der Waals surface area contributed by atoms with E-state index >= 15 is 4.57 Å². The molecular weight excluding hydrogens is 599 g/mol. The highest BCUT2D eigenvalue weighted by Gasteiger charge is 2.33. The van der Waals surface area contributed by atoms with Gasteiger partial charge in [0.2, 0.25) is 0 Å². The zero-order valence-electron chi connectivity index (χ0n) is 26.1. The summed E-state index contributed by atoms with van der Waals surface area (Å²) in [5.74, 6) is 0. The maximum absolute atomic E-state index is 16.6. The monoisotopic (exact) mass is 628 g/mol. The highest BCUT2D eigenvalue weighted by Crippen LogP contribution is 2.48. The zero-order chi connectivity index (χ0) is 31.8. The first-order valence-corrected chi connectivity index (χ1v) is 18.1. The van der Waals surface area contributed by atoms with Crippen LogP contribution in [0.5, 0.6) is 0 Å². The molecule has 0 saturated carbocycles. The van der Waals surface area contributed by atoms with Gasteiger partial charge in [-0.3, -0.25) is 0 Å². The quantitative estimate of drug-likeness (QED) is 0.108. The van der Waals surface area contributed by atoms with E-state index in [1.54, 1.807) is 0 Å². The van der Waals surface area contributed by atoms with Crippen molar-refractivity contribution in [3.05, 3.63) is 176 Å². The molecule has 0 aliphatic heterocycles. The van der Waals surface area contributed by atoms with Gasteiger partial charge in [0.25, 0.3) is 0 Å². The number of hydrogen-bond donors (Lipinski definition) is 0. The average molecular weight is 629 g/mol. The second-order valence-corrected chi connectivity index (χ2v) is 15.6. The predicted octanol–water partition coefficient (Wildman–Crippen LogP) is 11.4. The molecule has 0 fully saturated rings. The van der Waals surface area contributed by atoms with Crippen LogP contribution >= 0.6 is 7.14 Å². The molecule has 0 saturated heterocycles. The molecule has 0 spiro atoms. The molecule has 1 nitrogen and oxygen atoms in total. The molecule has 2 heteroatoms. The van der Waals surface area contributed by atoms with Gasteiger partial charge < -0.3 is 4.57 Å². The lowest BCUT2D eigenvalue weighted by Crippen LogP contribution is -2.26. The highest BCUT2D eigenvalue weighted by molar-refractivity contribution is 7.85. The summed E-state index contributed by atoms with van der Waals surface area (Å²) in [7, 11) is -3.43. The van der Waals surface area contributed by atoms with Gasteiger partial charge in [0.05, 0.1) is 0 Å². The first kappa shape index (κ1) is 27.4. The molecule has 0 amide bonds. The summed E-state index contributed by atoms with van der Waals surface area (Å²) in [5, 5.41) is 18.7. The van der Waals surface area contributed by atoms with E-state index in [9.17, 15) is 0 Å². The van der Waals surface area contributed by atoms with Crippen molar-refractivity contribution in [3.8, 4) is 0 Å². The van der Waals surface area contributed by atoms with Gasteiger partial charge in [0, 0.05) is 21.3 Å². The van der Waals surface area contributed by atoms with Crippen molar-refractivity contribution in [1.29, 1.82) is 0 Å². The summed E-state index contributed by atoms with van der Waals surface area (Å²) < 4.78 is 16.6. The van der Waals surface area contributed by atoms with Crippen LogP contribution in [0.15, 0.2) is 176 Å². The first-order chi connectivity index (χ1) is 23.6. The van der Waals surface area contributed by atoms with Crippen LogP contribution in [-0.2, 0) is 4.57 Å². The third kappa shape index (κ3) is 4.02. The average Bonchev–Trinajstić information content (AvgIpc) is 3.15. The molecule has 0 heterocycles. The maximum atomic E-state index is 16.6. The van der Waals surface area contributed by atoms with Crippen LogP contribution in [0.2, 0.25) is 0 Å². The van der Waals surface area contributed by atoms with Crippen LogP contribution in [-0.4, -0.2) is 0 Å². The predicted molar refractivity (Wildman–Crippen MR) is 208 cm³/mol. The van der Waals surface area contributed by atoms with Crippen LogP contribution in [0.1, 0.15) is 0 Å². The molecule has 0 unspecified atom stereocenters. The smallest absolute Gasteiger partial charge is 0.171 e. The third-order valence-corrected chi connectivity index (χ3v) is 13.3. The Morgan fingerprint density at radius 2 is 0.646 bits per heavy atom. The van der Waals surface area contributed by atoms with E-state index in [-0.39, 0.29) is 0 Å². The van der Waals surface area contributed by atoms with Crippen molar-refractivity contribution in [2.75, 3.05) is 0 Å². The number of hydrogen-bond acceptors (Lipinski definition) is 1. The van der Waals surface area contributed by atoms with Crippen molar-refractivity contribution in [2.24, 2.45) is 0 Å². The minimum absolute atomic E-state index is 0.843. The minimum Gasteiger partial charge on any atom is -0.309 e. The Morgan fingerprint density at radius 3 is 1.12 bits per heavy atom. The van der Waals surface area contributed by atoms with Crippen molar-refractivity contribution in [1.82, 2.24) is 0 Å². The summed E-state index contributed by atoms with van der Waals surface area (Å²) in [6, 6.07) is 62.3. The summed E-state index contributed by atoms with van der Waals surface area (Å²) in [6.07, 6.45) is 0. The summed E-state index contributed by atoms with van der Waals surface area (Å²) >= 11 is 0. The topological polar surface area (TPSA) is 17.1 Å². The van der Waals surface area contributed by atoms with Crippen molar-refractivity contribution < 1.29 is 4.57 Å². The van der Waals surface area contributed by atoms with E-state index in [4.69, 9.17) is 0 Å². The standard InChI is InChI=1S/C46H29OP/c47-48(38-22-20-34-24-30-10-1-3-12-32(30)26-36(34)28-38,39-23-21-35-25-31-11-2-4-13-33(31)27-37(35)29-39)45-19-9-18-44-42-15-6-5-14-40(42)41-16-7-8-17-43(41)46(44)45/h1-29H. The van der Waals surface area contributed by atoms with Gasteiger partial charge >= 0.3 is 0 Å². The molecule has 0 aromatic heterocycles. The van der Waals surface area contributed by atoms with Gasteiger partial charge in [-0.1, -0.05) is 140 Å². The lowest BCUT2D eigenvalue weighted by atomic mass is 9.94. The van der Waals surface area contributed by atoms with E-state index in [0.29, 0.717) is 0 Å². The van der Waals surface area contributed by atoms with E-state index in [0.717, 1.165) is 53.6 Å². The molecule has 0 radical (unpaired) electrons. The van der Waals surface area contributed by atoms with Crippen LogP contribution in [0.3, 0.4) is 0 Å². The first-order valence-electron chi connectivity index (χ1n) is 16.4. The third-order valence-electron chi connectivity index (χ3n) is 10.2. The van der Waals surface area contributed by atoms with Crippen molar-refractivity contribution in [3.63, 3.8) is 0 Å². The fourth-order valence-electron chi connectivity index (χ4n) is 7.87. The summed E-state index contributed by atoms with van der Waals surface area (Å²) in [6.45, 7) is 0. The highest BCUT2D eigenvalue weighted by atomic mass is 31.2. The second kappa shape index (κ2) is 10.4. The van der Waals surface area contributed by atoms with Crippen LogP contribution in [0.25, 0.3) is 75.4 Å². The van der Waals surface area contributed by atoms with Gasteiger partial charge in [-0.05, 0) is 106 Å². The van der Waals surface area contributed by atoms with E-state index in [1.165, 1.54) is 37.7 Å². The largest absolute Gasteiger partial charge is 0.309 e. The Kier molecular flexibility index (Phi) is 5.92. The molecule has 224 valence electrons. The number of fused-ring (bicyclic) bond motifs is 10. The molecule has 0 N–H and O–H groups in total. The Bertz CT molecular complexity index is 2820. The molecule has 0 atom stereocenters. The van der Waals surface area contributed by atoms with E-state index in [1.807, 2.05) is 0 Å². The Morgan fingerprint density at radius 1 is 0.292 bits per heavy atom. The Labute approximate surface area is 278 Å². The normalized spacial score (nSPS) is 12.2. The molecular formula is C46H29OP. The van der Waals surface area contributed by atoms with E-state index < -0.39 is 7.14 Å². The Hall–Kier alpha value is -5.75. The fraction of sp³-hybridized carbons (Fsp3) is 0. The van der Waals surface area contributed by atoms with Gasteiger partial charge in [-0.2, -0.15) is 0 Å². The maximum Gasteiger partial charge on any atom is 0.171 e. The minimum atomic E-state index is -3.43. The lowest BCUT2D eigenvalue weighted by molar-refractivity contribution is 0.592. The van der Waals surface area contributed by atoms with Gasteiger partial charge in [-0.25, -0.2) is 0 Å². The second-order valence-electron chi connectivity index (χ2n) is 12.9. The fourth-order valence-corrected chi connectivity index (χ4v) is 10.8. The van der Waals surface area contributed by atoms with Crippen LogP contribution in [0.4, 0.5) is 0 Å². The van der Waals surface area contributed by atoms with Crippen molar-refractivity contribution in [2.45, 2.75) is 0 Å². The molecule has 10 aromatic rings. The summed E-state index contributed by atoms with van der Waals surface area (Å²) in [5.41, 5.74) is 0.